The lowest BCUT2D eigenvalue weighted by Gasteiger charge is -2.09. The number of hydrogen-bond donors (Lipinski definition) is 3. The Kier molecular flexibility index (Phi) is 4.57. The summed E-state index contributed by atoms with van der Waals surface area (Å²) in [5, 5.41) is 0. The highest BCUT2D eigenvalue weighted by molar-refractivity contribution is 5.80. The summed E-state index contributed by atoms with van der Waals surface area (Å²) in [6, 6.07) is 2.52. The summed E-state index contributed by atoms with van der Waals surface area (Å²) in [4.78, 5) is 18.9. The van der Waals surface area contributed by atoms with Crippen molar-refractivity contribution in [2.45, 2.75) is 20.0 Å². The Bertz CT molecular complexity index is 708. The second-order valence-corrected chi connectivity index (χ2v) is 4.46. The van der Waals surface area contributed by atoms with Gasteiger partial charge in [0, 0.05) is 17.6 Å². The number of alkyl halides is 3. The molecular formula is C12H13F3N8. The molecule has 0 spiro atoms. The molecular weight excluding hydrogens is 313 g/mol. The number of nitrogens with two attached hydrogens (primary N) is 1. The number of aromatic nitrogens is 4. The molecule has 0 aromatic carbocycles. The maximum Gasteiger partial charge on any atom is 0.433 e. The molecule has 0 aliphatic carbocycles. The van der Waals surface area contributed by atoms with Gasteiger partial charge in [-0.25, -0.2) is 19.9 Å². The third kappa shape index (κ3) is 4.76. The van der Waals surface area contributed by atoms with Crippen molar-refractivity contribution in [1.29, 1.82) is 0 Å². The number of rotatable bonds is 3. The molecule has 2 aromatic rings. The number of nitrogens with one attached hydrogen (secondary N) is 2. The predicted octanol–water partition coefficient (Wildman–Crippen LogP) is 1.47. The van der Waals surface area contributed by atoms with E-state index in [1.165, 1.54) is 0 Å². The largest absolute Gasteiger partial charge is 0.433 e. The Morgan fingerprint density at radius 1 is 1.17 bits per heavy atom. The molecule has 8 nitrogen and oxygen atoms in total. The van der Waals surface area contributed by atoms with Gasteiger partial charge >= 0.3 is 6.18 Å². The Labute approximate surface area is 129 Å². The highest BCUT2D eigenvalue weighted by atomic mass is 19.4. The number of guanidine groups is 1. The SMILES string of the molecule is Cc1cc(C)nc(N=C(N)NNc2nccc(C(F)(F)F)n2)n1. The average Bonchev–Trinajstić information content (AvgIpc) is 2.43. The zero-order valence-corrected chi connectivity index (χ0v) is 12.2. The third-order valence-corrected chi connectivity index (χ3v) is 2.44. The van der Waals surface area contributed by atoms with E-state index in [4.69, 9.17) is 5.73 Å². The molecule has 11 heteroatoms. The van der Waals surface area contributed by atoms with Crippen LogP contribution in [0, 0.1) is 13.8 Å². The smallest absolute Gasteiger partial charge is 0.368 e. The maximum absolute atomic E-state index is 12.5. The van der Waals surface area contributed by atoms with E-state index in [0.717, 1.165) is 12.3 Å². The van der Waals surface area contributed by atoms with Crippen molar-refractivity contribution in [3.63, 3.8) is 0 Å². The molecule has 2 aromatic heterocycles. The van der Waals surface area contributed by atoms with Crippen LogP contribution in [0.4, 0.5) is 25.1 Å². The van der Waals surface area contributed by atoms with E-state index in [-0.39, 0.29) is 17.9 Å². The topological polar surface area (TPSA) is 114 Å². The second-order valence-electron chi connectivity index (χ2n) is 4.46. The van der Waals surface area contributed by atoms with Gasteiger partial charge in [0.05, 0.1) is 0 Å². The lowest BCUT2D eigenvalue weighted by molar-refractivity contribution is -0.141. The predicted molar refractivity (Wildman–Crippen MR) is 76.6 cm³/mol. The van der Waals surface area contributed by atoms with Crippen LogP contribution in [0.25, 0.3) is 0 Å². The Hall–Kier alpha value is -2.98. The lowest BCUT2D eigenvalue weighted by Crippen LogP contribution is -2.36. The summed E-state index contributed by atoms with van der Waals surface area (Å²) in [5.41, 5.74) is 10.6. The molecule has 0 atom stereocenters. The van der Waals surface area contributed by atoms with E-state index in [0.29, 0.717) is 11.4 Å². The summed E-state index contributed by atoms with van der Waals surface area (Å²) in [6.45, 7) is 3.54. The monoisotopic (exact) mass is 326 g/mol. The minimum Gasteiger partial charge on any atom is -0.368 e. The normalized spacial score (nSPS) is 12.1. The number of aliphatic imine (C=N–C) groups is 1. The fourth-order valence-electron chi connectivity index (χ4n) is 1.59. The van der Waals surface area contributed by atoms with Crippen LogP contribution in [-0.2, 0) is 6.18 Å². The summed E-state index contributed by atoms with van der Waals surface area (Å²) < 4.78 is 37.6. The van der Waals surface area contributed by atoms with Crippen LogP contribution in [0.3, 0.4) is 0 Å². The zero-order chi connectivity index (χ0) is 17.0. The fourth-order valence-corrected chi connectivity index (χ4v) is 1.59. The van der Waals surface area contributed by atoms with Crippen LogP contribution in [-0.4, -0.2) is 25.9 Å². The van der Waals surface area contributed by atoms with Crippen LogP contribution in [0.15, 0.2) is 23.3 Å². The molecule has 2 heterocycles. The molecule has 0 saturated carbocycles. The van der Waals surface area contributed by atoms with E-state index in [2.05, 4.69) is 35.8 Å². The van der Waals surface area contributed by atoms with Crippen molar-refractivity contribution in [3.8, 4) is 0 Å². The van der Waals surface area contributed by atoms with Gasteiger partial charge in [0.15, 0.2) is 0 Å². The molecule has 0 unspecified atom stereocenters. The summed E-state index contributed by atoms with van der Waals surface area (Å²) in [7, 11) is 0. The van der Waals surface area contributed by atoms with Crippen molar-refractivity contribution < 1.29 is 13.2 Å². The van der Waals surface area contributed by atoms with Gasteiger partial charge < -0.3 is 5.73 Å². The van der Waals surface area contributed by atoms with Crippen LogP contribution < -0.4 is 16.6 Å². The highest BCUT2D eigenvalue weighted by Crippen LogP contribution is 2.27. The molecule has 0 radical (unpaired) electrons. The highest BCUT2D eigenvalue weighted by Gasteiger charge is 2.32. The lowest BCUT2D eigenvalue weighted by atomic mass is 10.4. The standard InChI is InChI=1S/C12H13F3N8/c1-6-5-7(2)19-11(18-6)21-9(16)22-23-10-17-4-3-8(20-10)12(13,14)15/h3-5H,1-2H3,(H,17,20,23)(H3,16,18,19,21,22). The zero-order valence-electron chi connectivity index (χ0n) is 12.2. The molecule has 0 aliphatic heterocycles. The number of halogens is 3. The van der Waals surface area contributed by atoms with Crippen LogP contribution in [0.5, 0.6) is 0 Å². The van der Waals surface area contributed by atoms with E-state index < -0.39 is 11.9 Å². The maximum atomic E-state index is 12.5. The number of hydrazine groups is 1. The molecule has 0 aliphatic rings. The van der Waals surface area contributed by atoms with Gasteiger partial charge in [-0.1, -0.05) is 0 Å². The Balaban J connectivity index is 2.07. The van der Waals surface area contributed by atoms with Crippen molar-refractivity contribution in [1.82, 2.24) is 25.4 Å². The first kappa shape index (κ1) is 16.4. The first-order chi connectivity index (χ1) is 10.7. The first-order valence-electron chi connectivity index (χ1n) is 6.33. The molecule has 122 valence electrons. The van der Waals surface area contributed by atoms with Crippen molar-refractivity contribution in [3.05, 3.63) is 35.4 Å². The summed E-state index contributed by atoms with van der Waals surface area (Å²) in [6.07, 6.45) is -3.59. The van der Waals surface area contributed by atoms with Gasteiger partial charge in [0.2, 0.25) is 11.9 Å². The molecule has 4 N–H and O–H groups in total. The summed E-state index contributed by atoms with van der Waals surface area (Å²) >= 11 is 0. The number of aryl methyl sites for hydroxylation is 2. The van der Waals surface area contributed by atoms with Crippen molar-refractivity contribution in [2.24, 2.45) is 10.7 Å². The average molecular weight is 326 g/mol. The number of hydrogen-bond acceptors (Lipinski definition) is 6. The molecule has 2 rings (SSSR count). The fraction of sp³-hybridized carbons (Fsp3) is 0.250. The van der Waals surface area contributed by atoms with Gasteiger partial charge in [-0.15, -0.1) is 0 Å². The van der Waals surface area contributed by atoms with E-state index >= 15 is 0 Å². The van der Waals surface area contributed by atoms with Gasteiger partial charge in [-0.2, -0.15) is 18.2 Å². The summed E-state index contributed by atoms with van der Waals surface area (Å²) in [5.74, 6) is -0.338. The van der Waals surface area contributed by atoms with Crippen molar-refractivity contribution in [2.75, 3.05) is 5.43 Å². The van der Waals surface area contributed by atoms with Crippen molar-refractivity contribution >= 4 is 17.9 Å². The van der Waals surface area contributed by atoms with E-state index in [1.807, 2.05) is 0 Å². The van der Waals surface area contributed by atoms with Gasteiger partial charge in [-0.05, 0) is 26.0 Å². The number of nitrogens with zero attached hydrogens (tertiary/aromatic N) is 5. The molecule has 0 fully saturated rings. The molecule has 0 bridgehead atoms. The minimum atomic E-state index is -4.56. The Morgan fingerprint density at radius 3 is 2.43 bits per heavy atom. The van der Waals surface area contributed by atoms with Crippen LogP contribution in [0.2, 0.25) is 0 Å². The van der Waals surface area contributed by atoms with Crippen LogP contribution >= 0.6 is 0 Å². The molecule has 23 heavy (non-hydrogen) atoms. The quantitative estimate of drug-likeness (QED) is 0.444. The first-order valence-corrected chi connectivity index (χ1v) is 6.33. The second kappa shape index (κ2) is 6.42. The molecule has 0 saturated heterocycles. The minimum absolute atomic E-state index is 0.124. The van der Waals surface area contributed by atoms with Crippen LogP contribution in [0.1, 0.15) is 17.1 Å². The Morgan fingerprint density at radius 2 is 1.83 bits per heavy atom. The molecule has 0 amide bonds. The van der Waals surface area contributed by atoms with Gasteiger partial charge in [0.1, 0.15) is 5.69 Å². The third-order valence-electron chi connectivity index (χ3n) is 2.44. The number of anilines is 1. The van der Waals surface area contributed by atoms with Gasteiger partial charge in [-0.3, -0.25) is 10.9 Å². The van der Waals surface area contributed by atoms with Gasteiger partial charge in [0.25, 0.3) is 5.95 Å². The van der Waals surface area contributed by atoms with E-state index in [9.17, 15) is 13.2 Å². The van der Waals surface area contributed by atoms with E-state index in [1.54, 1.807) is 19.9 Å².